The Bertz CT molecular complexity index is 732. The predicted molar refractivity (Wildman–Crippen MR) is 101 cm³/mol. The summed E-state index contributed by atoms with van der Waals surface area (Å²) in [5.41, 5.74) is 3.04. The Hall–Kier alpha value is -2.04. The average Bonchev–Trinajstić information content (AvgIpc) is 3.49. The molecule has 2 aliphatic rings. The van der Waals surface area contributed by atoms with Crippen LogP contribution in [0.15, 0.2) is 48.5 Å². The summed E-state index contributed by atoms with van der Waals surface area (Å²) in [6.07, 6.45) is 3.83. The normalized spacial score (nSPS) is 20.0. The topological polar surface area (TPSA) is 23.6 Å². The van der Waals surface area contributed by atoms with Gasteiger partial charge in [0.1, 0.15) is 12.1 Å². The highest BCUT2D eigenvalue weighted by Gasteiger charge is 2.28. The van der Waals surface area contributed by atoms with Crippen LogP contribution < -0.4 is 0 Å². The molecule has 3 nitrogen and oxygen atoms in total. The Balaban J connectivity index is 1.41. The molecule has 4 rings (SSSR count). The Kier molecular flexibility index (Phi) is 5.14. The van der Waals surface area contributed by atoms with E-state index < -0.39 is 0 Å². The van der Waals surface area contributed by atoms with E-state index in [4.69, 9.17) is 0 Å². The van der Waals surface area contributed by atoms with E-state index in [-0.39, 0.29) is 11.9 Å². The molecule has 2 aromatic carbocycles. The van der Waals surface area contributed by atoms with E-state index in [1.54, 1.807) is 12.1 Å². The highest BCUT2D eigenvalue weighted by molar-refractivity contribution is 5.66. The van der Waals surface area contributed by atoms with Gasteiger partial charge in [-0.2, -0.15) is 0 Å². The van der Waals surface area contributed by atoms with Crippen LogP contribution in [0.4, 0.5) is 4.39 Å². The molecule has 1 aliphatic carbocycles. The lowest BCUT2D eigenvalue weighted by Crippen LogP contribution is -2.48. The lowest BCUT2D eigenvalue weighted by Gasteiger charge is -2.37. The molecule has 0 bridgehead atoms. The first kappa shape index (κ1) is 17.4. The Morgan fingerprint density at radius 2 is 1.50 bits per heavy atom. The molecule has 4 heteroatoms. The largest absolute Gasteiger partial charge is 0.301 e. The van der Waals surface area contributed by atoms with Gasteiger partial charge in [-0.05, 0) is 47.6 Å². The lowest BCUT2D eigenvalue weighted by molar-refractivity contribution is -0.113. The summed E-state index contributed by atoms with van der Waals surface area (Å²) in [5, 5.41) is 0. The van der Waals surface area contributed by atoms with Gasteiger partial charge in [-0.1, -0.05) is 36.4 Å². The molecule has 2 fully saturated rings. The van der Waals surface area contributed by atoms with Crippen LogP contribution in [0.25, 0.3) is 11.1 Å². The van der Waals surface area contributed by atoms with Crippen molar-refractivity contribution in [2.24, 2.45) is 5.92 Å². The van der Waals surface area contributed by atoms with Gasteiger partial charge < -0.3 is 9.69 Å². The van der Waals surface area contributed by atoms with Crippen LogP contribution in [-0.4, -0.2) is 48.8 Å². The number of rotatable bonds is 6. The summed E-state index contributed by atoms with van der Waals surface area (Å²) in [6.45, 7) is 5.21. The Labute approximate surface area is 154 Å². The lowest BCUT2D eigenvalue weighted by atomic mass is 10.00. The molecular weight excluding hydrogens is 327 g/mol. The van der Waals surface area contributed by atoms with Gasteiger partial charge in [0.15, 0.2) is 0 Å². The van der Waals surface area contributed by atoms with Crippen LogP contribution in [0, 0.1) is 11.7 Å². The molecule has 0 N–H and O–H groups in total. The van der Waals surface area contributed by atoms with Gasteiger partial charge >= 0.3 is 0 Å². The van der Waals surface area contributed by atoms with Crippen LogP contribution >= 0.6 is 0 Å². The van der Waals surface area contributed by atoms with Crippen molar-refractivity contribution < 1.29 is 9.18 Å². The number of hydrogen-bond acceptors (Lipinski definition) is 3. The van der Waals surface area contributed by atoms with Crippen molar-refractivity contribution in [3.8, 4) is 11.1 Å². The molecule has 1 aliphatic heterocycles. The van der Waals surface area contributed by atoms with E-state index in [0.29, 0.717) is 0 Å². The first-order valence-electron chi connectivity index (χ1n) is 9.50. The molecule has 0 radical (unpaired) electrons. The maximum atomic E-state index is 13.1. The number of carbonyl (C=O) groups is 1. The van der Waals surface area contributed by atoms with Crippen molar-refractivity contribution in [1.82, 2.24) is 9.80 Å². The van der Waals surface area contributed by atoms with Gasteiger partial charge in [0.2, 0.25) is 0 Å². The predicted octanol–water partition coefficient (Wildman–Crippen LogP) is 3.76. The number of halogens is 1. The zero-order chi connectivity index (χ0) is 17.9. The fourth-order valence-corrected chi connectivity index (χ4v) is 3.78. The van der Waals surface area contributed by atoms with Gasteiger partial charge in [-0.15, -0.1) is 0 Å². The van der Waals surface area contributed by atoms with Gasteiger partial charge in [0, 0.05) is 32.7 Å². The molecule has 1 atom stereocenters. The van der Waals surface area contributed by atoms with Crippen LogP contribution in [0.5, 0.6) is 0 Å². The monoisotopic (exact) mass is 352 g/mol. The van der Waals surface area contributed by atoms with Gasteiger partial charge in [0.25, 0.3) is 0 Å². The molecule has 1 unspecified atom stereocenters. The minimum atomic E-state index is -0.229. The number of benzene rings is 2. The maximum Gasteiger partial charge on any atom is 0.141 e. The van der Waals surface area contributed by atoms with E-state index >= 15 is 0 Å². The highest BCUT2D eigenvalue weighted by Crippen LogP contribution is 2.30. The van der Waals surface area contributed by atoms with Gasteiger partial charge in [0.05, 0.1) is 6.04 Å². The third kappa shape index (κ3) is 4.02. The smallest absolute Gasteiger partial charge is 0.141 e. The van der Waals surface area contributed by atoms with Crippen LogP contribution in [-0.2, 0) is 4.79 Å². The summed E-state index contributed by atoms with van der Waals surface area (Å²) >= 11 is 0. The summed E-state index contributed by atoms with van der Waals surface area (Å²) in [4.78, 5) is 16.6. The Morgan fingerprint density at radius 1 is 0.923 bits per heavy atom. The van der Waals surface area contributed by atoms with E-state index in [2.05, 4.69) is 9.80 Å². The van der Waals surface area contributed by atoms with E-state index in [9.17, 15) is 9.18 Å². The van der Waals surface area contributed by atoms with E-state index in [1.165, 1.54) is 31.5 Å². The molecule has 26 heavy (non-hydrogen) atoms. The van der Waals surface area contributed by atoms with Crippen molar-refractivity contribution >= 4 is 6.29 Å². The molecule has 136 valence electrons. The summed E-state index contributed by atoms with van der Waals surface area (Å²) < 4.78 is 13.1. The second-order valence-corrected chi connectivity index (χ2v) is 7.49. The zero-order valence-electron chi connectivity index (χ0n) is 15.0. The van der Waals surface area contributed by atoms with Crippen molar-refractivity contribution in [3.63, 3.8) is 0 Å². The summed E-state index contributed by atoms with van der Waals surface area (Å²) in [5.74, 6) is 0.689. The van der Waals surface area contributed by atoms with Crippen molar-refractivity contribution in [3.05, 3.63) is 59.9 Å². The fraction of sp³-hybridized carbons (Fsp3) is 0.409. The number of piperazine rings is 1. The highest BCUT2D eigenvalue weighted by atomic mass is 19.1. The van der Waals surface area contributed by atoms with Crippen LogP contribution in [0.1, 0.15) is 24.4 Å². The first-order chi connectivity index (χ1) is 12.7. The van der Waals surface area contributed by atoms with Gasteiger partial charge in [-0.25, -0.2) is 4.39 Å². The first-order valence-corrected chi connectivity index (χ1v) is 9.50. The molecule has 2 aromatic rings. The van der Waals surface area contributed by atoms with Crippen LogP contribution in [0.3, 0.4) is 0 Å². The summed E-state index contributed by atoms with van der Waals surface area (Å²) in [6, 6.07) is 14.4. The fourth-order valence-electron chi connectivity index (χ4n) is 3.78. The molecular formula is C22H25FN2O. The van der Waals surface area contributed by atoms with E-state index in [1.807, 2.05) is 24.3 Å². The van der Waals surface area contributed by atoms with Gasteiger partial charge in [-0.3, -0.25) is 4.90 Å². The number of carbonyl (C=O) groups excluding carboxylic acids is 1. The van der Waals surface area contributed by atoms with Crippen molar-refractivity contribution in [2.75, 3.05) is 32.7 Å². The quantitative estimate of drug-likeness (QED) is 0.740. The zero-order valence-corrected chi connectivity index (χ0v) is 15.0. The SMILES string of the molecule is O=CC(c1ccc(-c2ccc(F)cc2)cc1)N1CCN(CC2CC2)CC1. The minimum Gasteiger partial charge on any atom is -0.301 e. The van der Waals surface area contributed by atoms with E-state index in [0.717, 1.165) is 55.1 Å². The second kappa shape index (κ2) is 7.68. The third-order valence-electron chi connectivity index (χ3n) is 5.57. The summed E-state index contributed by atoms with van der Waals surface area (Å²) in [7, 11) is 0. The number of nitrogens with zero attached hydrogens (tertiary/aromatic N) is 2. The third-order valence-corrected chi connectivity index (χ3v) is 5.57. The molecule has 1 heterocycles. The molecule has 1 saturated carbocycles. The Morgan fingerprint density at radius 3 is 2.04 bits per heavy atom. The molecule has 0 spiro atoms. The standard InChI is InChI=1S/C22H25FN2O/c23-21-9-7-19(8-10-21)18-3-5-20(6-4-18)22(16-26)25-13-11-24(12-14-25)15-17-1-2-17/h3-10,16-17,22H,1-2,11-15H2. The average molecular weight is 352 g/mol. The molecule has 1 saturated heterocycles. The number of hydrogen-bond donors (Lipinski definition) is 0. The van der Waals surface area contributed by atoms with Crippen LogP contribution in [0.2, 0.25) is 0 Å². The molecule has 0 aromatic heterocycles. The number of aldehydes is 1. The van der Waals surface area contributed by atoms with Crippen molar-refractivity contribution in [1.29, 1.82) is 0 Å². The second-order valence-electron chi connectivity index (χ2n) is 7.49. The maximum absolute atomic E-state index is 13.1. The minimum absolute atomic E-state index is 0.180. The van der Waals surface area contributed by atoms with Crippen molar-refractivity contribution in [2.45, 2.75) is 18.9 Å². The molecule has 0 amide bonds.